The number of benzene rings is 1. The number of ether oxygens (including phenoxy) is 2. The number of nitrogens with two attached hydrogens (primary N) is 1. The van der Waals surface area contributed by atoms with E-state index in [0.29, 0.717) is 30.2 Å². The Hall–Kier alpha value is -1.73. The van der Waals surface area contributed by atoms with E-state index in [0.717, 1.165) is 6.42 Å². The molecule has 0 bridgehead atoms. The zero-order valence-corrected chi connectivity index (χ0v) is 8.69. The normalized spacial score (nSPS) is 9.40. The number of nitriles is 1. The lowest BCUT2D eigenvalue weighted by atomic mass is 10.2. The standard InChI is InChI=1S/C11H14N2O2/c1-14-10-4-3-9(8-13)11(7-10)15-6-2-5-12/h3-4,7H,2,5-6,12H2,1H3. The maximum Gasteiger partial charge on any atom is 0.140 e. The van der Waals surface area contributed by atoms with Gasteiger partial charge in [0.2, 0.25) is 0 Å². The van der Waals surface area contributed by atoms with Gasteiger partial charge in [-0.15, -0.1) is 0 Å². The van der Waals surface area contributed by atoms with Crippen molar-refractivity contribution in [2.24, 2.45) is 5.73 Å². The molecule has 80 valence electrons. The van der Waals surface area contributed by atoms with Crippen molar-refractivity contribution in [2.75, 3.05) is 20.3 Å². The molecule has 1 aromatic carbocycles. The summed E-state index contributed by atoms with van der Waals surface area (Å²) in [6, 6.07) is 7.17. The highest BCUT2D eigenvalue weighted by Crippen LogP contribution is 2.24. The molecule has 1 rings (SSSR count). The maximum atomic E-state index is 8.84. The van der Waals surface area contributed by atoms with Gasteiger partial charge in [-0.05, 0) is 25.1 Å². The van der Waals surface area contributed by atoms with Crippen molar-refractivity contribution in [3.63, 3.8) is 0 Å². The zero-order chi connectivity index (χ0) is 11.1. The van der Waals surface area contributed by atoms with Crippen LogP contribution < -0.4 is 15.2 Å². The summed E-state index contributed by atoms with van der Waals surface area (Å²) >= 11 is 0. The molecule has 0 saturated carbocycles. The second kappa shape index (κ2) is 5.89. The molecule has 0 aromatic heterocycles. The van der Waals surface area contributed by atoms with Crippen molar-refractivity contribution in [3.05, 3.63) is 23.8 Å². The molecule has 0 unspecified atom stereocenters. The first kappa shape index (κ1) is 11.3. The first-order valence-corrected chi connectivity index (χ1v) is 4.73. The fourth-order valence-corrected chi connectivity index (χ4v) is 1.11. The summed E-state index contributed by atoms with van der Waals surface area (Å²) in [5.74, 6) is 1.22. The molecule has 0 aliphatic rings. The Morgan fingerprint density at radius 3 is 2.87 bits per heavy atom. The predicted octanol–water partition coefficient (Wildman–Crippen LogP) is 1.29. The van der Waals surface area contributed by atoms with Gasteiger partial charge in [-0.3, -0.25) is 0 Å². The van der Waals surface area contributed by atoms with Crippen molar-refractivity contribution >= 4 is 0 Å². The molecule has 0 amide bonds. The molecular formula is C11H14N2O2. The molecule has 0 atom stereocenters. The molecule has 0 radical (unpaired) electrons. The van der Waals surface area contributed by atoms with Crippen molar-refractivity contribution < 1.29 is 9.47 Å². The lowest BCUT2D eigenvalue weighted by Crippen LogP contribution is -2.06. The molecule has 15 heavy (non-hydrogen) atoms. The van der Waals surface area contributed by atoms with E-state index >= 15 is 0 Å². The quantitative estimate of drug-likeness (QED) is 0.737. The minimum atomic E-state index is 0.507. The Morgan fingerprint density at radius 2 is 2.27 bits per heavy atom. The Balaban J connectivity index is 2.78. The zero-order valence-electron chi connectivity index (χ0n) is 8.69. The van der Waals surface area contributed by atoms with Gasteiger partial charge < -0.3 is 15.2 Å². The predicted molar refractivity (Wildman–Crippen MR) is 56.9 cm³/mol. The van der Waals surface area contributed by atoms with Crippen molar-refractivity contribution in [2.45, 2.75) is 6.42 Å². The van der Waals surface area contributed by atoms with Crippen molar-refractivity contribution in [3.8, 4) is 17.6 Å². The van der Waals surface area contributed by atoms with Crippen molar-refractivity contribution in [1.29, 1.82) is 5.26 Å². The van der Waals surface area contributed by atoms with Gasteiger partial charge in [-0.25, -0.2) is 0 Å². The van der Waals surface area contributed by atoms with Crippen LogP contribution in [0.4, 0.5) is 0 Å². The molecule has 2 N–H and O–H groups in total. The van der Waals surface area contributed by atoms with Crippen LogP contribution >= 0.6 is 0 Å². The Morgan fingerprint density at radius 1 is 1.47 bits per heavy atom. The van der Waals surface area contributed by atoms with E-state index in [9.17, 15) is 0 Å². The lowest BCUT2D eigenvalue weighted by Gasteiger charge is -2.08. The van der Waals surface area contributed by atoms with E-state index in [2.05, 4.69) is 6.07 Å². The van der Waals surface area contributed by atoms with E-state index in [1.165, 1.54) is 0 Å². The van der Waals surface area contributed by atoms with Gasteiger partial charge in [0.05, 0.1) is 19.3 Å². The summed E-state index contributed by atoms with van der Waals surface area (Å²) in [7, 11) is 1.57. The van der Waals surface area contributed by atoms with E-state index in [4.69, 9.17) is 20.5 Å². The highest BCUT2D eigenvalue weighted by molar-refractivity contribution is 5.47. The van der Waals surface area contributed by atoms with E-state index in [-0.39, 0.29) is 0 Å². The SMILES string of the molecule is COc1ccc(C#N)c(OCCCN)c1. The first-order valence-electron chi connectivity index (χ1n) is 4.73. The van der Waals surface area contributed by atoms with Crippen LogP contribution in [0.25, 0.3) is 0 Å². The minimum absolute atomic E-state index is 0.507. The summed E-state index contributed by atoms with van der Waals surface area (Å²) in [6.07, 6.45) is 0.766. The maximum absolute atomic E-state index is 8.84. The second-order valence-electron chi connectivity index (χ2n) is 2.96. The van der Waals surface area contributed by atoms with E-state index < -0.39 is 0 Å². The number of nitrogens with zero attached hydrogens (tertiary/aromatic N) is 1. The van der Waals surface area contributed by atoms with Crippen LogP contribution in [0.1, 0.15) is 12.0 Å². The van der Waals surface area contributed by atoms with Crippen LogP contribution in [0.15, 0.2) is 18.2 Å². The van der Waals surface area contributed by atoms with Crippen LogP contribution in [0, 0.1) is 11.3 Å². The largest absolute Gasteiger partial charge is 0.497 e. The molecule has 1 aromatic rings. The molecule has 0 aliphatic carbocycles. The Kier molecular flexibility index (Phi) is 4.45. The summed E-state index contributed by atoms with van der Waals surface area (Å²) in [5.41, 5.74) is 5.86. The topological polar surface area (TPSA) is 68.3 Å². The summed E-state index contributed by atoms with van der Waals surface area (Å²) in [5, 5.41) is 8.84. The molecule has 0 aliphatic heterocycles. The number of hydrogen-bond donors (Lipinski definition) is 1. The van der Waals surface area contributed by atoms with Gasteiger partial charge in [0, 0.05) is 6.07 Å². The molecule has 4 nitrogen and oxygen atoms in total. The molecule has 4 heteroatoms. The molecule has 0 fully saturated rings. The number of methoxy groups -OCH3 is 1. The third-order valence-corrected chi connectivity index (χ3v) is 1.92. The monoisotopic (exact) mass is 206 g/mol. The van der Waals surface area contributed by atoms with Gasteiger partial charge in [0.15, 0.2) is 0 Å². The molecule has 0 heterocycles. The fraction of sp³-hybridized carbons (Fsp3) is 0.364. The molecular weight excluding hydrogens is 192 g/mol. The lowest BCUT2D eigenvalue weighted by molar-refractivity contribution is 0.310. The minimum Gasteiger partial charge on any atom is -0.497 e. The van der Waals surface area contributed by atoms with Gasteiger partial charge in [0.25, 0.3) is 0 Å². The summed E-state index contributed by atoms with van der Waals surface area (Å²) in [6.45, 7) is 1.09. The summed E-state index contributed by atoms with van der Waals surface area (Å²) in [4.78, 5) is 0. The second-order valence-corrected chi connectivity index (χ2v) is 2.96. The van der Waals surface area contributed by atoms with Crippen LogP contribution in [0.2, 0.25) is 0 Å². The van der Waals surface area contributed by atoms with Crippen LogP contribution in [0.3, 0.4) is 0 Å². The Labute approximate surface area is 89.2 Å². The molecule has 0 spiro atoms. The highest BCUT2D eigenvalue weighted by Gasteiger charge is 2.04. The fourth-order valence-electron chi connectivity index (χ4n) is 1.11. The van der Waals surface area contributed by atoms with Crippen molar-refractivity contribution in [1.82, 2.24) is 0 Å². The van der Waals surface area contributed by atoms with Gasteiger partial charge in [-0.2, -0.15) is 5.26 Å². The summed E-state index contributed by atoms with van der Waals surface area (Å²) < 4.78 is 10.5. The number of hydrogen-bond acceptors (Lipinski definition) is 4. The van der Waals surface area contributed by atoms with E-state index in [1.54, 1.807) is 25.3 Å². The molecule has 0 saturated heterocycles. The van der Waals surface area contributed by atoms with Crippen LogP contribution in [-0.4, -0.2) is 20.3 Å². The average molecular weight is 206 g/mol. The number of rotatable bonds is 5. The van der Waals surface area contributed by atoms with Crippen LogP contribution in [0.5, 0.6) is 11.5 Å². The third kappa shape index (κ3) is 3.15. The first-order chi connectivity index (χ1) is 7.31. The average Bonchev–Trinajstić information content (AvgIpc) is 2.29. The van der Waals surface area contributed by atoms with Gasteiger partial charge >= 0.3 is 0 Å². The highest BCUT2D eigenvalue weighted by atomic mass is 16.5. The Bertz CT molecular complexity index is 358. The van der Waals surface area contributed by atoms with E-state index in [1.807, 2.05) is 0 Å². The van der Waals surface area contributed by atoms with Gasteiger partial charge in [0.1, 0.15) is 17.6 Å². The smallest absolute Gasteiger partial charge is 0.140 e. The van der Waals surface area contributed by atoms with Gasteiger partial charge in [-0.1, -0.05) is 0 Å². The third-order valence-electron chi connectivity index (χ3n) is 1.92. The van der Waals surface area contributed by atoms with Crippen LogP contribution in [-0.2, 0) is 0 Å².